The molecule has 25 heavy (non-hydrogen) atoms. The molecule has 1 saturated carbocycles. The second-order valence-corrected chi connectivity index (χ2v) is 7.29. The van der Waals surface area contributed by atoms with Crippen LogP contribution in [-0.4, -0.2) is 26.8 Å². The van der Waals surface area contributed by atoms with Crippen LogP contribution >= 0.6 is 0 Å². The molecule has 6 nitrogen and oxygen atoms in total. The van der Waals surface area contributed by atoms with Gasteiger partial charge in [-0.25, -0.2) is 4.79 Å². The molecule has 0 aliphatic heterocycles. The molecule has 0 spiro atoms. The minimum Gasteiger partial charge on any atom is -0.479 e. The van der Waals surface area contributed by atoms with Crippen LogP contribution in [0.25, 0.3) is 0 Å². The number of carboxylic acids is 1. The normalized spacial score (nSPS) is 16.1. The van der Waals surface area contributed by atoms with Crippen LogP contribution in [0.3, 0.4) is 0 Å². The van der Waals surface area contributed by atoms with E-state index in [0.29, 0.717) is 12.1 Å². The highest BCUT2D eigenvalue weighted by Crippen LogP contribution is 2.44. The van der Waals surface area contributed by atoms with E-state index in [4.69, 9.17) is 0 Å². The van der Waals surface area contributed by atoms with Gasteiger partial charge in [0.1, 0.15) is 0 Å². The van der Waals surface area contributed by atoms with Gasteiger partial charge in [-0.1, -0.05) is 36.8 Å². The van der Waals surface area contributed by atoms with E-state index < -0.39 is 11.5 Å². The lowest BCUT2D eigenvalue weighted by Crippen LogP contribution is -2.43. The van der Waals surface area contributed by atoms with Crippen LogP contribution < -0.4 is 5.32 Å². The van der Waals surface area contributed by atoms with Gasteiger partial charge < -0.3 is 10.4 Å². The lowest BCUT2D eigenvalue weighted by Gasteiger charge is -2.40. The molecular formula is C19H23N3O3. The summed E-state index contributed by atoms with van der Waals surface area (Å²) in [4.78, 5) is 24.2. The van der Waals surface area contributed by atoms with Crippen molar-refractivity contribution in [3.8, 4) is 0 Å². The first-order valence-electron chi connectivity index (χ1n) is 8.47. The smallest absolute Gasteiger partial charge is 0.331 e. The van der Waals surface area contributed by atoms with Gasteiger partial charge in [-0.3, -0.25) is 9.48 Å². The number of aliphatic carboxylic acids is 1. The van der Waals surface area contributed by atoms with E-state index in [-0.39, 0.29) is 11.3 Å². The fraction of sp³-hybridized carbons (Fsp3) is 0.421. The number of hydrogen-bond donors (Lipinski definition) is 2. The third-order valence-electron chi connectivity index (χ3n) is 5.11. The number of carboxylic acid groups (broad SMARTS) is 1. The largest absolute Gasteiger partial charge is 0.479 e. The van der Waals surface area contributed by atoms with Crippen molar-refractivity contribution in [2.45, 2.75) is 45.1 Å². The van der Waals surface area contributed by atoms with E-state index in [1.165, 1.54) is 10.9 Å². The van der Waals surface area contributed by atoms with E-state index >= 15 is 0 Å². The van der Waals surface area contributed by atoms with Crippen molar-refractivity contribution in [3.05, 3.63) is 48.3 Å². The number of hydrogen-bond acceptors (Lipinski definition) is 3. The quantitative estimate of drug-likeness (QED) is 0.846. The molecule has 0 atom stereocenters. The average molecular weight is 341 g/mol. The highest BCUT2D eigenvalue weighted by atomic mass is 16.4. The van der Waals surface area contributed by atoms with Crippen molar-refractivity contribution in [1.82, 2.24) is 9.78 Å². The summed E-state index contributed by atoms with van der Waals surface area (Å²) in [5, 5.41) is 16.3. The summed E-state index contributed by atoms with van der Waals surface area (Å²) in [6.07, 6.45) is 6.56. The summed E-state index contributed by atoms with van der Waals surface area (Å²) >= 11 is 0. The molecule has 3 rings (SSSR count). The fourth-order valence-electron chi connectivity index (χ4n) is 3.13. The van der Waals surface area contributed by atoms with E-state index in [0.717, 1.165) is 24.8 Å². The lowest BCUT2D eigenvalue weighted by atomic mass is 9.64. The molecule has 1 aromatic carbocycles. The van der Waals surface area contributed by atoms with E-state index in [1.807, 2.05) is 30.3 Å². The molecule has 0 unspecified atom stereocenters. The monoisotopic (exact) mass is 341 g/mol. The van der Waals surface area contributed by atoms with Crippen LogP contribution in [0.5, 0.6) is 0 Å². The Morgan fingerprint density at radius 3 is 2.52 bits per heavy atom. The Morgan fingerprint density at radius 2 is 1.96 bits per heavy atom. The molecule has 6 heteroatoms. The molecule has 1 fully saturated rings. The Hall–Kier alpha value is -2.63. The van der Waals surface area contributed by atoms with Gasteiger partial charge >= 0.3 is 5.97 Å². The van der Waals surface area contributed by atoms with Gasteiger partial charge in [0, 0.05) is 6.20 Å². The van der Waals surface area contributed by atoms with Crippen LogP contribution in [-0.2, 0) is 21.5 Å². The van der Waals surface area contributed by atoms with Crippen molar-refractivity contribution < 1.29 is 14.7 Å². The number of benzene rings is 1. The summed E-state index contributed by atoms with van der Waals surface area (Å²) in [5.41, 5.74) is 0.131. The number of aromatic nitrogens is 2. The number of amides is 1. The van der Waals surface area contributed by atoms with Crippen molar-refractivity contribution in [1.29, 1.82) is 0 Å². The Balaban J connectivity index is 1.73. The molecule has 1 aliphatic carbocycles. The molecule has 2 N–H and O–H groups in total. The fourth-order valence-corrected chi connectivity index (χ4v) is 3.13. The van der Waals surface area contributed by atoms with Crippen molar-refractivity contribution in [3.63, 3.8) is 0 Å². The van der Waals surface area contributed by atoms with E-state index in [2.05, 4.69) is 10.4 Å². The maximum atomic E-state index is 12.8. The maximum absolute atomic E-state index is 12.8. The molecule has 1 heterocycles. The third kappa shape index (κ3) is 3.29. The number of anilines is 1. The molecule has 1 amide bonds. The van der Waals surface area contributed by atoms with Gasteiger partial charge in [-0.15, -0.1) is 0 Å². The van der Waals surface area contributed by atoms with Gasteiger partial charge in [0.15, 0.2) is 5.54 Å². The molecule has 2 aromatic rings. The summed E-state index contributed by atoms with van der Waals surface area (Å²) in [6, 6.07) is 10.0. The first-order valence-corrected chi connectivity index (χ1v) is 8.47. The summed E-state index contributed by atoms with van der Waals surface area (Å²) in [6.45, 7) is 3.13. The Kier molecular flexibility index (Phi) is 4.37. The lowest BCUT2D eigenvalue weighted by molar-refractivity contribution is -0.146. The van der Waals surface area contributed by atoms with Crippen molar-refractivity contribution >= 4 is 17.6 Å². The predicted octanol–water partition coefficient (Wildman–Crippen LogP) is 3.05. The maximum Gasteiger partial charge on any atom is 0.331 e. The van der Waals surface area contributed by atoms with Gasteiger partial charge in [-0.2, -0.15) is 5.10 Å². The summed E-state index contributed by atoms with van der Waals surface area (Å²) in [7, 11) is 0. The highest BCUT2D eigenvalue weighted by molar-refractivity contribution is 5.96. The summed E-state index contributed by atoms with van der Waals surface area (Å²) in [5.74, 6) is -0.997. The molecule has 132 valence electrons. The van der Waals surface area contributed by atoms with Crippen LogP contribution in [0.1, 0.15) is 38.7 Å². The number of carbonyl (C=O) groups is 2. The van der Waals surface area contributed by atoms with Gasteiger partial charge in [0.05, 0.1) is 17.3 Å². The van der Waals surface area contributed by atoms with Gasteiger partial charge in [0.2, 0.25) is 5.91 Å². The van der Waals surface area contributed by atoms with Crippen LogP contribution in [0.4, 0.5) is 5.69 Å². The minimum atomic E-state index is -1.17. The molecule has 0 saturated heterocycles. The highest BCUT2D eigenvalue weighted by Gasteiger charge is 2.44. The third-order valence-corrected chi connectivity index (χ3v) is 5.11. The molecule has 0 bridgehead atoms. The number of nitrogens with zero attached hydrogens (tertiary/aromatic N) is 2. The molecule has 0 radical (unpaired) electrons. The zero-order chi connectivity index (χ0) is 18.1. The van der Waals surface area contributed by atoms with E-state index in [9.17, 15) is 14.7 Å². The average Bonchev–Trinajstić information content (AvgIpc) is 3.01. The molecular weight excluding hydrogens is 318 g/mol. The molecule has 1 aromatic heterocycles. The zero-order valence-electron chi connectivity index (χ0n) is 14.5. The standard InChI is InChI=1S/C19H23N3O3/c1-18(2,17(24)25)22-13-15(12-20-22)21-16(23)19(9-6-10-19)11-14-7-4-3-5-8-14/h3-5,7-8,12-13H,6,9-11H2,1-2H3,(H,21,23)(H,24,25). The van der Waals surface area contributed by atoms with Crippen LogP contribution in [0.15, 0.2) is 42.7 Å². The number of rotatable bonds is 6. The number of carbonyl (C=O) groups excluding carboxylic acids is 1. The molecule has 1 aliphatic rings. The Morgan fingerprint density at radius 1 is 1.28 bits per heavy atom. The minimum absolute atomic E-state index is 0.0183. The van der Waals surface area contributed by atoms with Crippen molar-refractivity contribution in [2.24, 2.45) is 5.41 Å². The summed E-state index contributed by atoms with van der Waals surface area (Å²) < 4.78 is 1.36. The second kappa shape index (κ2) is 6.35. The van der Waals surface area contributed by atoms with E-state index in [1.54, 1.807) is 20.0 Å². The first kappa shape index (κ1) is 17.2. The predicted molar refractivity (Wildman–Crippen MR) is 94.2 cm³/mol. The zero-order valence-corrected chi connectivity index (χ0v) is 14.5. The topological polar surface area (TPSA) is 84.2 Å². The van der Waals surface area contributed by atoms with Crippen molar-refractivity contribution in [2.75, 3.05) is 5.32 Å². The first-order chi connectivity index (χ1) is 11.8. The van der Waals surface area contributed by atoms with Crippen LogP contribution in [0.2, 0.25) is 0 Å². The van der Waals surface area contributed by atoms with Gasteiger partial charge in [0.25, 0.3) is 0 Å². The second-order valence-electron chi connectivity index (χ2n) is 7.29. The van der Waals surface area contributed by atoms with Crippen LogP contribution in [0, 0.1) is 5.41 Å². The Bertz CT molecular complexity index is 776. The SMILES string of the molecule is CC(C)(C(=O)O)n1cc(NC(=O)C2(Cc3ccccc3)CCC2)cn1. The van der Waals surface area contributed by atoms with Gasteiger partial charge in [-0.05, 0) is 38.7 Å². The number of nitrogens with one attached hydrogen (secondary N) is 1. The Labute approximate surface area is 146 Å².